The van der Waals surface area contributed by atoms with Crippen LogP contribution in [0, 0.1) is 0 Å². The summed E-state index contributed by atoms with van der Waals surface area (Å²) in [6, 6.07) is 1.41. The van der Waals surface area contributed by atoms with Crippen molar-refractivity contribution in [2.24, 2.45) is 0 Å². The molecule has 0 radical (unpaired) electrons. The second-order valence-electron chi connectivity index (χ2n) is 6.23. The van der Waals surface area contributed by atoms with Crippen molar-refractivity contribution in [3.63, 3.8) is 0 Å². The van der Waals surface area contributed by atoms with E-state index in [0.717, 1.165) is 31.3 Å². The molecule has 1 aromatic heterocycles. The van der Waals surface area contributed by atoms with Gasteiger partial charge in [0.1, 0.15) is 6.10 Å². The van der Waals surface area contributed by atoms with Gasteiger partial charge >= 0.3 is 6.03 Å². The third kappa shape index (κ3) is 5.49. The molecule has 1 aromatic rings. The van der Waals surface area contributed by atoms with Gasteiger partial charge in [-0.1, -0.05) is 12.2 Å². The number of nitrogens with zero attached hydrogens (tertiary/aromatic N) is 3. The lowest BCUT2D eigenvalue weighted by atomic mass is 9.95. The number of aromatic nitrogens is 2. The molecule has 2 rings (SSSR count). The number of methoxy groups -OCH3 is 1. The lowest BCUT2D eigenvalue weighted by Crippen LogP contribution is -2.33. The Labute approximate surface area is 143 Å². The molecule has 0 bridgehead atoms. The van der Waals surface area contributed by atoms with Crippen LogP contribution in [0.1, 0.15) is 32.6 Å². The number of amides is 2. The van der Waals surface area contributed by atoms with Crippen molar-refractivity contribution in [2.45, 2.75) is 44.8 Å². The maximum atomic E-state index is 12.1. The number of rotatable bonds is 6. The third-order valence-electron chi connectivity index (χ3n) is 3.90. The highest BCUT2D eigenvalue weighted by molar-refractivity contribution is 5.87. The number of carbonyl (C=O) groups is 1. The minimum Gasteiger partial charge on any atom is -0.474 e. The summed E-state index contributed by atoms with van der Waals surface area (Å²) in [5.41, 5.74) is 0.899. The van der Waals surface area contributed by atoms with E-state index >= 15 is 0 Å². The molecular formula is C17H26N4O3. The van der Waals surface area contributed by atoms with Crippen LogP contribution in [0.5, 0.6) is 5.88 Å². The van der Waals surface area contributed by atoms with E-state index in [0.29, 0.717) is 12.4 Å². The summed E-state index contributed by atoms with van der Waals surface area (Å²) < 4.78 is 11.3. The minimum absolute atomic E-state index is 0.0771. The number of urea groups is 1. The fraction of sp³-hybridized carbons (Fsp3) is 0.588. The molecular weight excluding hydrogens is 308 g/mol. The van der Waals surface area contributed by atoms with Gasteiger partial charge in [-0.05, 0) is 26.2 Å². The molecule has 2 atom stereocenters. The van der Waals surface area contributed by atoms with Gasteiger partial charge in [-0.15, -0.1) is 0 Å². The summed E-state index contributed by atoms with van der Waals surface area (Å²) in [5, 5.41) is 2.66. The van der Waals surface area contributed by atoms with E-state index < -0.39 is 0 Å². The Morgan fingerprint density at radius 3 is 2.92 bits per heavy atom. The molecule has 7 heteroatoms. The molecule has 0 aliphatic heterocycles. The second kappa shape index (κ2) is 8.63. The molecule has 1 heterocycles. The molecule has 1 fully saturated rings. The molecule has 1 aliphatic carbocycles. The molecule has 0 aromatic carbocycles. The van der Waals surface area contributed by atoms with Crippen molar-refractivity contribution in [1.82, 2.24) is 14.9 Å². The molecule has 0 saturated heterocycles. The molecule has 24 heavy (non-hydrogen) atoms. The Morgan fingerprint density at radius 1 is 1.46 bits per heavy atom. The molecule has 132 valence electrons. The van der Waals surface area contributed by atoms with Crippen LogP contribution in [0.15, 0.2) is 24.4 Å². The Hall–Kier alpha value is -2.15. The van der Waals surface area contributed by atoms with Crippen molar-refractivity contribution < 1.29 is 14.3 Å². The van der Waals surface area contributed by atoms with E-state index in [9.17, 15) is 4.79 Å². The zero-order valence-corrected chi connectivity index (χ0v) is 14.6. The van der Waals surface area contributed by atoms with E-state index in [1.165, 1.54) is 4.90 Å². The van der Waals surface area contributed by atoms with Crippen LogP contribution in [-0.4, -0.2) is 53.8 Å². The first-order chi connectivity index (χ1) is 11.5. The van der Waals surface area contributed by atoms with Crippen molar-refractivity contribution in [1.29, 1.82) is 0 Å². The Morgan fingerprint density at radius 2 is 2.21 bits per heavy atom. The average molecular weight is 334 g/mol. The average Bonchev–Trinajstić information content (AvgIpc) is 2.54. The van der Waals surface area contributed by atoms with Crippen LogP contribution in [0.3, 0.4) is 0 Å². The van der Waals surface area contributed by atoms with E-state index in [-0.39, 0.29) is 24.2 Å². The maximum absolute atomic E-state index is 12.1. The van der Waals surface area contributed by atoms with Crippen molar-refractivity contribution in [3.8, 4) is 5.88 Å². The van der Waals surface area contributed by atoms with Crippen LogP contribution < -0.4 is 10.1 Å². The Kier molecular flexibility index (Phi) is 6.54. The highest BCUT2D eigenvalue weighted by atomic mass is 16.5. The number of ether oxygens (including phenoxy) is 2. The summed E-state index contributed by atoms with van der Waals surface area (Å²) >= 11 is 0. The van der Waals surface area contributed by atoms with Gasteiger partial charge in [0.15, 0.2) is 0 Å². The van der Waals surface area contributed by atoms with Gasteiger partial charge in [-0.3, -0.25) is 5.32 Å². The van der Waals surface area contributed by atoms with Gasteiger partial charge in [0.25, 0.3) is 0 Å². The smallest absolute Gasteiger partial charge is 0.324 e. The van der Waals surface area contributed by atoms with Gasteiger partial charge in [0, 0.05) is 39.4 Å². The quantitative estimate of drug-likeness (QED) is 0.810. The van der Waals surface area contributed by atoms with E-state index in [1.807, 2.05) is 6.92 Å². The third-order valence-corrected chi connectivity index (χ3v) is 3.90. The number of nitrogens with one attached hydrogen (secondary N) is 1. The molecule has 1 N–H and O–H groups in total. The summed E-state index contributed by atoms with van der Waals surface area (Å²) in [5.74, 6) is 0.690. The van der Waals surface area contributed by atoms with Gasteiger partial charge in [-0.2, -0.15) is 4.98 Å². The zero-order valence-electron chi connectivity index (χ0n) is 14.6. The lowest BCUT2D eigenvalue weighted by Gasteiger charge is -2.28. The second-order valence-corrected chi connectivity index (χ2v) is 6.23. The van der Waals surface area contributed by atoms with E-state index in [1.54, 1.807) is 26.4 Å². The first-order valence-corrected chi connectivity index (χ1v) is 8.17. The van der Waals surface area contributed by atoms with E-state index in [2.05, 4.69) is 21.9 Å². The predicted octanol–water partition coefficient (Wildman–Crippen LogP) is 2.85. The summed E-state index contributed by atoms with van der Waals surface area (Å²) in [6.45, 7) is 6.14. The van der Waals surface area contributed by atoms with Crippen LogP contribution in [-0.2, 0) is 4.74 Å². The predicted molar refractivity (Wildman–Crippen MR) is 92.2 cm³/mol. The van der Waals surface area contributed by atoms with Crippen LogP contribution in [0.2, 0.25) is 0 Å². The highest BCUT2D eigenvalue weighted by Gasteiger charge is 2.23. The Balaban J connectivity index is 1.93. The van der Waals surface area contributed by atoms with Crippen molar-refractivity contribution in [3.05, 3.63) is 24.4 Å². The van der Waals surface area contributed by atoms with Gasteiger partial charge < -0.3 is 14.4 Å². The van der Waals surface area contributed by atoms with E-state index in [4.69, 9.17) is 9.47 Å². The van der Waals surface area contributed by atoms with Crippen molar-refractivity contribution >= 4 is 12.0 Å². The SMILES string of the molecule is C=C(C)CN(C)C(=O)Nc1nccc(OC2CCCC(OC)C2)n1. The largest absolute Gasteiger partial charge is 0.474 e. The lowest BCUT2D eigenvalue weighted by molar-refractivity contribution is 0.0195. The highest BCUT2D eigenvalue weighted by Crippen LogP contribution is 2.24. The van der Waals surface area contributed by atoms with Crippen LogP contribution in [0.4, 0.5) is 10.7 Å². The summed E-state index contributed by atoms with van der Waals surface area (Å²) in [7, 11) is 3.42. The number of likely N-dealkylation sites (N-methyl/N-ethyl adjacent to an activating group) is 1. The Bertz CT molecular complexity index is 579. The topological polar surface area (TPSA) is 76.6 Å². The minimum atomic E-state index is -0.285. The maximum Gasteiger partial charge on any atom is 0.324 e. The van der Waals surface area contributed by atoms with Crippen LogP contribution in [0.25, 0.3) is 0 Å². The number of hydrogen-bond acceptors (Lipinski definition) is 5. The standard InChI is InChI=1S/C17H26N4O3/c1-12(2)11-21(3)17(22)20-16-18-9-8-15(19-16)24-14-7-5-6-13(10-14)23-4/h8-9,13-14H,1,5-7,10-11H2,2-4H3,(H,18,19,20,22). The molecule has 1 saturated carbocycles. The van der Waals surface area contributed by atoms with Crippen LogP contribution >= 0.6 is 0 Å². The number of carbonyl (C=O) groups excluding carboxylic acids is 1. The first kappa shape index (κ1) is 18.2. The number of hydrogen-bond donors (Lipinski definition) is 1. The summed E-state index contributed by atoms with van der Waals surface area (Å²) in [6.07, 6.45) is 5.86. The fourth-order valence-corrected chi connectivity index (χ4v) is 2.73. The molecule has 1 aliphatic rings. The molecule has 2 unspecified atom stereocenters. The van der Waals surface area contributed by atoms with Crippen molar-refractivity contribution in [2.75, 3.05) is 26.0 Å². The fourth-order valence-electron chi connectivity index (χ4n) is 2.73. The molecule has 0 spiro atoms. The normalized spacial score (nSPS) is 20.3. The zero-order chi connectivity index (χ0) is 17.5. The molecule has 7 nitrogen and oxygen atoms in total. The number of anilines is 1. The van der Waals surface area contributed by atoms with Gasteiger partial charge in [0.05, 0.1) is 6.10 Å². The first-order valence-electron chi connectivity index (χ1n) is 8.17. The summed E-state index contributed by atoms with van der Waals surface area (Å²) in [4.78, 5) is 21.9. The van der Waals surface area contributed by atoms with Gasteiger partial charge in [0.2, 0.25) is 11.8 Å². The van der Waals surface area contributed by atoms with Gasteiger partial charge in [-0.25, -0.2) is 9.78 Å². The molecule has 2 amide bonds. The monoisotopic (exact) mass is 334 g/mol.